The van der Waals surface area contributed by atoms with E-state index < -0.39 is 46.9 Å². The molecule has 1 N–H and O–H groups in total. The van der Waals surface area contributed by atoms with E-state index in [0.717, 1.165) is 0 Å². The fraction of sp³-hybridized carbons (Fsp3) is 0.542. The number of hydrogen-bond acceptors (Lipinski definition) is 8. The van der Waals surface area contributed by atoms with E-state index in [-0.39, 0.29) is 32.7 Å². The van der Waals surface area contributed by atoms with Gasteiger partial charge in [-0.05, 0) is 51.7 Å². The number of carbonyl (C=O) groups excluding carboxylic acids is 4. The van der Waals surface area contributed by atoms with Crippen LogP contribution in [0.3, 0.4) is 0 Å². The van der Waals surface area contributed by atoms with Crippen molar-refractivity contribution >= 4 is 29.7 Å². The van der Waals surface area contributed by atoms with Gasteiger partial charge in [0.2, 0.25) is 0 Å². The van der Waals surface area contributed by atoms with Crippen molar-refractivity contribution in [1.82, 2.24) is 0 Å². The Bertz CT molecular complexity index is 798. The first kappa shape index (κ1) is 27.8. The summed E-state index contributed by atoms with van der Waals surface area (Å²) in [6, 6.07) is 6.74. The number of benzene rings is 1. The highest BCUT2D eigenvalue weighted by molar-refractivity contribution is 6.18. The molecule has 0 fully saturated rings. The minimum atomic E-state index is -2.25. The minimum Gasteiger partial charge on any atom is -0.481 e. The number of ether oxygens (including phenoxy) is 3. The zero-order chi connectivity index (χ0) is 25.2. The third-order valence-electron chi connectivity index (χ3n) is 5.37. The third kappa shape index (κ3) is 6.63. The number of aryl methyl sites for hydroxylation is 1. The zero-order valence-corrected chi connectivity index (χ0v) is 19.7. The summed E-state index contributed by atoms with van der Waals surface area (Å²) in [5.41, 5.74) is -0.923. The molecule has 33 heavy (non-hydrogen) atoms. The Morgan fingerprint density at radius 3 is 1.61 bits per heavy atom. The third-order valence-corrected chi connectivity index (χ3v) is 5.37. The molecule has 1 aromatic rings. The van der Waals surface area contributed by atoms with Gasteiger partial charge in [0.05, 0.1) is 19.8 Å². The maximum Gasteiger partial charge on any atom is 0.335 e. The molecule has 0 saturated carbocycles. The second-order valence-electron chi connectivity index (χ2n) is 7.52. The first-order chi connectivity index (χ1) is 15.6. The van der Waals surface area contributed by atoms with Gasteiger partial charge in [-0.1, -0.05) is 31.2 Å². The van der Waals surface area contributed by atoms with Gasteiger partial charge in [-0.2, -0.15) is 0 Å². The highest BCUT2D eigenvalue weighted by Crippen LogP contribution is 2.32. The van der Waals surface area contributed by atoms with E-state index in [1.165, 1.54) is 6.92 Å². The Morgan fingerprint density at radius 2 is 1.27 bits per heavy atom. The van der Waals surface area contributed by atoms with Gasteiger partial charge in [0.1, 0.15) is 11.7 Å². The smallest absolute Gasteiger partial charge is 0.335 e. The fourth-order valence-corrected chi connectivity index (χ4v) is 3.57. The van der Waals surface area contributed by atoms with Gasteiger partial charge in [0, 0.05) is 5.92 Å². The van der Waals surface area contributed by atoms with E-state index in [9.17, 15) is 29.1 Å². The summed E-state index contributed by atoms with van der Waals surface area (Å²) >= 11 is 0. The molecular weight excluding hydrogens is 432 g/mol. The second-order valence-corrected chi connectivity index (χ2v) is 7.52. The molecule has 0 aromatic heterocycles. The van der Waals surface area contributed by atoms with Crippen molar-refractivity contribution in [2.75, 3.05) is 19.8 Å². The van der Waals surface area contributed by atoms with Crippen LogP contribution in [0.2, 0.25) is 0 Å². The number of carboxylic acid groups (broad SMARTS) is 1. The molecule has 9 nitrogen and oxygen atoms in total. The number of carboxylic acids is 1. The Morgan fingerprint density at radius 1 is 0.848 bits per heavy atom. The largest absolute Gasteiger partial charge is 0.481 e. The molecule has 0 amide bonds. The van der Waals surface area contributed by atoms with Crippen molar-refractivity contribution in [3.63, 3.8) is 0 Å². The van der Waals surface area contributed by atoms with Gasteiger partial charge < -0.3 is 19.3 Å². The van der Waals surface area contributed by atoms with Gasteiger partial charge >= 0.3 is 23.9 Å². The summed E-state index contributed by atoms with van der Waals surface area (Å²) in [4.78, 5) is 61.4. The molecule has 0 radical (unpaired) electrons. The van der Waals surface area contributed by atoms with Crippen LogP contribution in [0, 0.1) is 11.3 Å². The van der Waals surface area contributed by atoms with Gasteiger partial charge in [-0.15, -0.1) is 0 Å². The molecule has 0 bridgehead atoms. The van der Waals surface area contributed by atoms with E-state index >= 15 is 0 Å². The van der Waals surface area contributed by atoms with E-state index in [0.29, 0.717) is 11.1 Å². The van der Waals surface area contributed by atoms with Gasteiger partial charge in [-0.3, -0.25) is 24.0 Å². The average Bonchev–Trinajstić information content (AvgIpc) is 2.74. The lowest BCUT2D eigenvalue weighted by molar-refractivity contribution is -0.184. The lowest BCUT2D eigenvalue weighted by Gasteiger charge is -2.27. The van der Waals surface area contributed by atoms with Crippen LogP contribution in [-0.2, 0) is 44.6 Å². The van der Waals surface area contributed by atoms with Crippen molar-refractivity contribution < 1.29 is 43.3 Å². The minimum absolute atomic E-state index is 0.0348. The molecule has 2 unspecified atom stereocenters. The molecule has 0 aliphatic rings. The molecular formula is C24H32O9. The monoisotopic (exact) mass is 464 g/mol. The summed E-state index contributed by atoms with van der Waals surface area (Å²) in [5, 5.41) is 9.34. The van der Waals surface area contributed by atoms with Crippen molar-refractivity contribution in [1.29, 1.82) is 0 Å². The molecule has 0 saturated heterocycles. The number of esters is 3. The SMILES string of the molecule is CCOC(=O)C(CCc1ccc(C(C)C(C(C)=O)C(=O)O)cc1)(C(=O)OCC)C(=O)OCC. The zero-order valence-electron chi connectivity index (χ0n) is 19.7. The van der Waals surface area contributed by atoms with Crippen LogP contribution in [0.15, 0.2) is 24.3 Å². The summed E-state index contributed by atoms with van der Waals surface area (Å²) in [6.07, 6.45) is -0.0935. The molecule has 0 spiro atoms. The van der Waals surface area contributed by atoms with Crippen molar-refractivity contribution in [2.45, 2.75) is 53.4 Å². The van der Waals surface area contributed by atoms with Crippen LogP contribution < -0.4 is 0 Å². The Hall–Kier alpha value is -3.23. The average molecular weight is 465 g/mol. The van der Waals surface area contributed by atoms with Crippen LogP contribution >= 0.6 is 0 Å². The van der Waals surface area contributed by atoms with Crippen LogP contribution in [-0.4, -0.2) is 54.6 Å². The number of rotatable bonds is 13. The number of hydrogen-bond donors (Lipinski definition) is 1. The molecule has 182 valence electrons. The van der Waals surface area contributed by atoms with Crippen LogP contribution in [0.4, 0.5) is 0 Å². The number of aliphatic carboxylic acids is 1. The van der Waals surface area contributed by atoms with Gasteiger partial charge in [0.25, 0.3) is 5.41 Å². The van der Waals surface area contributed by atoms with E-state index in [1.807, 2.05) is 0 Å². The number of Topliss-reactive ketones (excluding diaryl/α,β-unsaturated/α-hetero) is 1. The predicted molar refractivity (Wildman–Crippen MR) is 117 cm³/mol. The molecule has 0 aliphatic carbocycles. The van der Waals surface area contributed by atoms with Crippen molar-refractivity contribution in [2.24, 2.45) is 11.3 Å². The fourth-order valence-electron chi connectivity index (χ4n) is 3.57. The highest BCUT2D eigenvalue weighted by atomic mass is 16.6. The van der Waals surface area contributed by atoms with Gasteiger partial charge in [-0.25, -0.2) is 0 Å². The van der Waals surface area contributed by atoms with Crippen molar-refractivity contribution in [3.05, 3.63) is 35.4 Å². The maximum atomic E-state index is 12.8. The Balaban J connectivity index is 3.21. The topological polar surface area (TPSA) is 133 Å². The summed E-state index contributed by atoms with van der Waals surface area (Å²) in [6.45, 7) is 7.47. The van der Waals surface area contributed by atoms with E-state index in [2.05, 4.69) is 0 Å². The molecule has 2 atom stereocenters. The summed E-state index contributed by atoms with van der Waals surface area (Å²) in [5.74, 6) is -6.44. The Labute approximate surface area is 193 Å². The van der Waals surface area contributed by atoms with Crippen LogP contribution in [0.1, 0.15) is 58.1 Å². The molecule has 0 aliphatic heterocycles. The molecule has 9 heteroatoms. The first-order valence-corrected chi connectivity index (χ1v) is 10.9. The predicted octanol–water partition coefficient (Wildman–Crippen LogP) is 2.69. The van der Waals surface area contributed by atoms with Gasteiger partial charge in [0.15, 0.2) is 0 Å². The van der Waals surface area contributed by atoms with Crippen LogP contribution in [0.5, 0.6) is 0 Å². The van der Waals surface area contributed by atoms with Crippen LogP contribution in [0.25, 0.3) is 0 Å². The summed E-state index contributed by atoms with van der Waals surface area (Å²) < 4.78 is 15.1. The Kier molecular flexibility index (Phi) is 10.7. The lowest BCUT2D eigenvalue weighted by atomic mass is 9.81. The second kappa shape index (κ2) is 12.7. The molecule has 1 aromatic carbocycles. The standard InChI is InChI=1S/C24H32O9/c1-6-31-21(28)24(22(29)32-7-2,23(30)33-8-3)14-13-17-9-11-18(12-10-17)15(4)19(16(5)25)20(26)27/h9-12,15,19H,6-8,13-14H2,1-5H3,(H,26,27). The molecule has 0 heterocycles. The quantitative estimate of drug-likeness (QED) is 0.266. The highest BCUT2D eigenvalue weighted by Gasteiger charge is 2.57. The first-order valence-electron chi connectivity index (χ1n) is 10.9. The number of ketones is 1. The number of carbonyl (C=O) groups is 5. The maximum absolute atomic E-state index is 12.8. The molecule has 1 rings (SSSR count). The normalized spacial score (nSPS) is 12.9. The lowest BCUT2D eigenvalue weighted by Crippen LogP contribution is -2.49. The van der Waals surface area contributed by atoms with E-state index in [4.69, 9.17) is 14.2 Å². The van der Waals surface area contributed by atoms with E-state index in [1.54, 1.807) is 52.0 Å². The summed E-state index contributed by atoms with van der Waals surface area (Å²) in [7, 11) is 0. The van der Waals surface area contributed by atoms with Crippen molar-refractivity contribution in [3.8, 4) is 0 Å².